The average molecular weight is 311 g/mol. The molecule has 0 spiro atoms. The molecular formula is C12H26IN. The van der Waals surface area contributed by atoms with E-state index >= 15 is 0 Å². The lowest BCUT2D eigenvalue weighted by Crippen LogP contribution is -2.21. The quantitative estimate of drug-likeness (QED) is 0.406. The van der Waals surface area contributed by atoms with Crippen molar-refractivity contribution in [2.45, 2.75) is 52.9 Å². The molecule has 0 saturated carbocycles. The highest BCUT2D eigenvalue weighted by atomic mass is 127. The maximum atomic E-state index is 3.52. The standard InChI is InChI=1S/C12H26IN/c1-12(2,3)8-11-14-10-7-5-4-6-9-13/h14H,4-11H2,1-3H3. The Bertz CT molecular complexity index is 118. The van der Waals surface area contributed by atoms with Crippen LogP contribution in [0, 0.1) is 5.41 Å². The molecule has 0 atom stereocenters. The number of halogens is 1. The van der Waals surface area contributed by atoms with Gasteiger partial charge in [0.2, 0.25) is 0 Å². The average Bonchev–Trinajstić information content (AvgIpc) is 2.08. The minimum Gasteiger partial charge on any atom is -0.317 e. The van der Waals surface area contributed by atoms with E-state index in [-0.39, 0.29) is 0 Å². The van der Waals surface area contributed by atoms with Crippen LogP contribution in [0.2, 0.25) is 0 Å². The number of rotatable bonds is 8. The second-order valence-electron chi connectivity index (χ2n) is 5.16. The van der Waals surface area contributed by atoms with Crippen molar-refractivity contribution in [3.63, 3.8) is 0 Å². The van der Waals surface area contributed by atoms with Crippen LogP contribution in [0.1, 0.15) is 52.9 Å². The number of hydrogen-bond acceptors (Lipinski definition) is 1. The van der Waals surface area contributed by atoms with Crippen LogP contribution in [0.15, 0.2) is 0 Å². The van der Waals surface area contributed by atoms with Gasteiger partial charge in [-0.05, 0) is 42.2 Å². The summed E-state index contributed by atoms with van der Waals surface area (Å²) in [5.74, 6) is 0. The molecule has 0 fully saturated rings. The Morgan fingerprint density at radius 1 is 0.929 bits per heavy atom. The fourth-order valence-electron chi connectivity index (χ4n) is 1.29. The highest BCUT2D eigenvalue weighted by molar-refractivity contribution is 14.1. The summed E-state index contributed by atoms with van der Waals surface area (Å²) < 4.78 is 1.31. The smallest absolute Gasteiger partial charge is 0.000473 e. The van der Waals surface area contributed by atoms with Crippen LogP contribution < -0.4 is 5.32 Å². The fraction of sp³-hybridized carbons (Fsp3) is 1.00. The molecule has 0 aromatic rings. The summed E-state index contributed by atoms with van der Waals surface area (Å²) >= 11 is 2.45. The molecule has 2 heteroatoms. The SMILES string of the molecule is CC(C)(C)CCNCCCCCCI. The molecular weight excluding hydrogens is 285 g/mol. The minimum atomic E-state index is 0.480. The van der Waals surface area contributed by atoms with Crippen molar-refractivity contribution in [1.82, 2.24) is 5.32 Å². The second kappa shape index (κ2) is 8.96. The van der Waals surface area contributed by atoms with Crippen LogP contribution in [0.5, 0.6) is 0 Å². The molecule has 1 nitrogen and oxygen atoms in total. The Morgan fingerprint density at radius 2 is 1.57 bits per heavy atom. The first-order valence-corrected chi connectivity index (χ1v) is 7.35. The molecule has 0 unspecified atom stereocenters. The normalized spacial score (nSPS) is 12.0. The van der Waals surface area contributed by atoms with E-state index in [0.29, 0.717) is 5.41 Å². The van der Waals surface area contributed by atoms with Crippen LogP contribution in [0.25, 0.3) is 0 Å². The van der Waals surface area contributed by atoms with Crippen molar-refractivity contribution in [2.24, 2.45) is 5.41 Å². The number of hydrogen-bond donors (Lipinski definition) is 1. The number of unbranched alkanes of at least 4 members (excludes halogenated alkanes) is 3. The largest absolute Gasteiger partial charge is 0.317 e. The van der Waals surface area contributed by atoms with E-state index in [2.05, 4.69) is 48.7 Å². The van der Waals surface area contributed by atoms with Gasteiger partial charge >= 0.3 is 0 Å². The number of alkyl halides is 1. The van der Waals surface area contributed by atoms with Crippen molar-refractivity contribution in [2.75, 3.05) is 17.5 Å². The van der Waals surface area contributed by atoms with Crippen LogP contribution in [-0.2, 0) is 0 Å². The molecule has 0 aromatic carbocycles. The van der Waals surface area contributed by atoms with Crippen LogP contribution >= 0.6 is 22.6 Å². The maximum absolute atomic E-state index is 3.52. The zero-order valence-corrected chi connectivity index (χ0v) is 12.2. The molecule has 0 heterocycles. The molecule has 0 saturated heterocycles. The molecule has 1 N–H and O–H groups in total. The van der Waals surface area contributed by atoms with Gasteiger partial charge in [0, 0.05) is 0 Å². The Labute approximate surface area is 104 Å². The van der Waals surface area contributed by atoms with E-state index in [9.17, 15) is 0 Å². The third-order valence-electron chi connectivity index (χ3n) is 2.29. The Hall–Kier alpha value is 0.690. The molecule has 0 radical (unpaired) electrons. The molecule has 0 aromatic heterocycles. The van der Waals surface area contributed by atoms with Gasteiger partial charge in [-0.1, -0.05) is 56.2 Å². The van der Waals surface area contributed by atoms with E-state index in [1.807, 2.05) is 0 Å². The van der Waals surface area contributed by atoms with Gasteiger partial charge in [0.25, 0.3) is 0 Å². The molecule has 0 amide bonds. The third kappa shape index (κ3) is 12.7. The molecule has 0 rings (SSSR count). The topological polar surface area (TPSA) is 12.0 Å². The maximum Gasteiger partial charge on any atom is -0.000473 e. The summed E-state index contributed by atoms with van der Waals surface area (Å²) in [5.41, 5.74) is 0.480. The van der Waals surface area contributed by atoms with Gasteiger partial charge < -0.3 is 5.32 Å². The lowest BCUT2D eigenvalue weighted by molar-refractivity contribution is 0.366. The van der Waals surface area contributed by atoms with Gasteiger partial charge in [0.1, 0.15) is 0 Å². The van der Waals surface area contributed by atoms with E-state index in [0.717, 1.165) is 0 Å². The van der Waals surface area contributed by atoms with Gasteiger partial charge in [-0.15, -0.1) is 0 Å². The summed E-state index contributed by atoms with van der Waals surface area (Å²) in [6, 6.07) is 0. The predicted molar refractivity (Wildman–Crippen MR) is 74.3 cm³/mol. The molecule has 0 aliphatic carbocycles. The molecule has 0 aliphatic rings. The zero-order valence-electron chi connectivity index (χ0n) is 10.0. The van der Waals surface area contributed by atoms with Gasteiger partial charge in [-0.3, -0.25) is 0 Å². The molecule has 14 heavy (non-hydrogen) atoms. The highest BCUT2D eigenvalue weighted by Crippen LogP contribution is 2.16. The first kappa shape index (κ1) is 14.7. The monoisotopic (exact) mass is 311 g/mol. The van der Waals surface area contributed by atoms with Crippen molar-refractivity contribution in [1.29, 1.82) is 0 Å². The van der Waals surface area contributed by atoms with Crippen LogP contribution in [0.3, 0.4) is 0 Å². The Morgan fingerprint density at radius 3 is 2.14 bits per heavy atom. The van der Waals surface area contributed by atoms with E-state index in [1.165, 1.54) is 49.6 Å². The summed E-state index contributed by atoms with van der Waals surface area (Å²) in [6.45, 7) is 9.28. The van der Waals surface area contributed by atoms with E-state index in [1.54, 1.807) is 0 Å². The minimum absolute atomic E-state index is 0.480. The molecule has 0 aliphatic heterocycles. The predicted octanol–water partition coefficient (Wildman–Crippen LogP) is 4.01. The van der Waals surface area contributed by atoms with Crippen molar-refractivity contribution >= 4 is 22.6 Å². The summed E-state index contributed by atoms with van der Waals surface area (Å²) in [6.07, 6.45) is 6.82. The lowest BCUT2D eigenvalue weighted by atomic mass is 9.92. The Kier molecular flexibility index (Phi) is 9.40. The van der Waals surface area contributed by atoms with Crippen LogP contribution in [0.4, 0.5) is 0 Å². The number of nitrogens with one attached hydrogen (secondary N) is 1. The zero-order chi connectivity index (χ0) is 10.9. The summed E-state index contributed by atoms with van der Waals surface area (Å²) in [4.78, 5) is 0. The van der Waals surface area contributed by atoms with Crippen molar-refractivity contribution in [3.05, 3.63) is 0 Å². The highest BCUT2D eigenvalue weighted by Gasteiger charge is 2.08. The van der Waals surface area contributed by atoms with Crippen molar-refractivity contribution in [3.8, 4) is 0 Å². The van der Waals surface area contributed by atoms with Crippen molar-refractivity contribution < 1.29 is 0 Å². The van der Waals surface area contributed by atoms with Gasteiger partial charge in [-0.25, -0.2) is 0 Å². The summed E-state index contributed by atoms with van der Waals surface area (Å²) in [7, 11) is 0. The van der Waals surface area contributed by atoms with E-state index in [4.69, 9.17) is 0 Å². The first-order chi connectivity index (χ1) is 6.56. The van der Waals surface area contributed by atoms with Gasteiger partial charge in [0.05, 0.1) is 0 Å². The lowest BCUT2D eigenvalue weighted by Gasteiger charge is -2.17. The van der Waals surface area contributed by atoms with Gasteiger partial charge in [0.15, 0.2) is 0 Å². The second-order valence-corrected chi connectivity index (χ2v) is 6.24. The third-order valence-corrected chi connectivity index (χ3v) is 3.05. The van der Waals surface area contributed by atoms with Gasteiger partial charge in [-0.2, -0.15) is 0 Å². The fourth-order valence-corrected chi connectivity index (χ4v) is 1.83. The van der Waals surface area contributed by atoms with E-state index < -0.39 is 0 Å². The Balaban J connectivity index is 2.99. The first-order valence-electron chi connectivity index (χ1n) is 5.83. The summed E-state index contributed by atoms with van der Waals surface area (Å²) in [5, 5.41) is 3.52. The molecule has 0 bridgehead atoms. The van der Waals surface area contributed by atoms with Crippen LogP contribution in [-0.4, -0.2) is 17.5 Å². The molecule has 86 valence electrons.